The van der Waals surface area contributed by atoms with E-state index < -0.39 is 5.50 Å². The summed E-state index contributed by atoms with van der Waals surface area (Å²) in [4.78, 5) is 10.5. The number of Topliss-reactive ketones (excluding diaryl/α,β-unsaturated/α-hetero) is 1. The molecule has 0 saturated heterocycles. The second kappa shape index (κ2) is 1.96. The van der Waals surface area contributed by atoms with Crippen molar-refractivity contribution in [1.29, 1.82) is 0 Å². The Bertz CT molecular complexity index is 154. The highest BCUT2D eigenvalue weighted by Gasteiger charge is 2.22. The summed E-state index contributed by atoms with van der Waals surface area (Å²) in [6.07, 6.45) is 1.39. The number of carbonyl (C=O) groups excluding carboxylic acids is 1. The van der Waals surface area contributed by atoms with Gasteiger partial charge in [0.25, 0.3) is 0 Å². The van der Waals surface area contributed by atoms with E-state index in [0.717, 1.165) is 0 Å². The lowest BCUT2D eigenvalue weighted by atomic mass is 10.4. The molecule has 1 rings (SSSR count). The van der Waals surface area contributed by atoms with Crippen molar-refractivity contribution in [3.8, 4) is 0 Å². The number of rotatable bonds is 0. The highest BCUT2D eigenvalue weighted by molar-refractivity contribution is 6.49. The van der Waals surface area contributed by atoms with Gasteiger partial charge in [0.15, 0.2) is 5.50 Å². The monoisotopic (exact) mass is 151 g/mol. The fourth-order valence-electron chi connectivity index (χ4n) is 0.414. The van der Waals surface area contributed by atoms with Gasteiger partial charge in [0, 0.05) is 6.20 Å². The number of halogens is 2. The molecule has 2 nitrogen and oxygen atoms in total. The van der Waals surface area contributed by atoms with E-state index in [9.17, 15) is 4.79 Å². The van der Waals surface area contributed by atoms with Crippen LogP contribution in [0.2, 0.25) is 0 Å². The summed E-state index contributed by atoms with van der Waals surface area (Å²) in [6.45, 7) is 0. The third kappa shape index (κ3) is 0.812. The fourth-order valence-corrected chi connectivity index (χ4v) is 0.823. The molecular formula is C4H3Cl2NO. The van der Waals surface area contributed by atoms with E-state index in [1.165, 1.54) is 6.20 Å². The van der Waals surface area contributed by atoms with Gasteiger partial charge in [-0.25, -0.2) is 0 Å². The first-order valence-electron chi connectivity index (χ1n) is 2.02. The highest BCUT2D eigenvalue weighted by Crippen LogP contribution is 2.13. The van der Waals surface area contributed by atoms with Crippen LogP contribution in [0.3, 0.4) is 0 Å². The number of hydrogen-bond donors (Lipinski definition) is 1. The van der Waals surface area contributed by atoms with Crippen molar-refractivity contribution in [1.82, 2.24) is 5.32 Å². The Balaban J connectivity index is 2.73. The smallest absolute Gasteiger partial charge is 0.213 e. The molecule has 4 heteroatoms. The van der Waals surface area contributed by atoms with E-state index in [4.69, 9.17) is 23.2 Å². The normalized spacial score (nSPS) is 27.5. The van der Waals surface area contributed by atoms with Crippen molar-refractivity contribution in [3.05, 3.63) is 11.2 Å². The van der Waals surface area contributed by atoms with Crippen LogP contribution in [0, 0.1) is 0 Å². The molecule has 0 radical (unpaired) electrons. The molecule has 1 atom stereocenters. The maximum absolute atomic E-state index is 10.5. The Morgan fingerprint density at radius 3 is 2.50 bits per heavy atom. The first-order chi connectivity index (χ1) is 3.72. The van der Waals surface area contributed by atoms with Crippen LogP contribution in [0.4, 0.5) is 0 Å². The molecule has 0 spiro atoms. The molecule has 0 aliphatic carbocycles. The first-order valence-corrected chi connectivity index (χ1v) is 2.83. The predicted octanol–water partition coefficient (Wildman–Crippen LogP) is 0.804. The van der Waals surface area contributed by atoms with E-state index in [1.807, 2.05) is 0 Å². The topological polar surface area (TPSA) is 29.1 Å². The van der Waals surface area contributed by atoms with Crippen LogP contribution in [0.5, 0.6) is 0 Å². The Kier molecular flexibility index (Phi) is 1.45. The molecule has 0 fully saturated rings. The minimum Gasteiger partial charge on any atom is -0.368 e. The quantitative estimate of drug-likeness (QED) is 0.411. The van der Waals surface area contributed by atoms with Gasteiger partial charge in [0.2, 0.25) is 5.78 Å². The van der Waals surface area contributed by atoms with Crippen LogP contribution in [0.1, 0.15) is 0 Å². The summed E-state index contributed by atoms with van der Waals surface area (Å²) in [5, 5.41) is 2.71. The summed E-state index contributed by atoms with van der Waals surface area (Å²) in [5.74, 6) is -0.256. The van der Waals surface area contributed by atoms with E-state index in [-0.39, 0.29) is 10.8 Å². The molecule has 1 N–H and O–H groups in total. The van der Waals surface area contributed by atoms with Crippen molar-refractivity contribution in [2.45, 2.75) is 5.50 Å². The van der Waals surface area contributed by atoms with Crippen LogP contribution < -0.4 is 5.32 Å². The SMILES string of the molecule is O=C1C(Cl)=CNC1Cl. The lowest BCUT2D eigenvalue weighted by molar-refractivity contribution is -0.114. The fraction of sp³-hybridized carbons (Fsp3) is 0.250. The minimum atomic E-state index is -0.650. The van der Waals surface area contributed by atoms with Crippen LogP contribution in [0.15, 0.2) is 11.2 Å². The summed E-state index contributed by atoms with van der Waals surface area (Å²) in [6, 6.07) is 0. The van der Waals surface area contributed by atoms with Crippen molar-refractivity contribution >= 4 is 29.0 Å². The molecule has 1 unspecified atom stereocenters. The molecule has 1 heterocycles. The highest BCUT2D eigenvalue weighted by atomic mass is 35.5. The standard InChI is InChI=1S/C4H3Cl2NO/c5-2-1-7-4(6)3(2)8/h1,4,7H. The van der Waals surface area contributed by atoms with Crippen molar-refractivity contribution in [3.63, 3.8) is 0 Å². The molecule has 1 aliphatic heterocycles. The lowest BCUT2D eigenvalue weighted by Crippen LogP contribution is -2.19. The molecule has 44 valence electrons. The van der Waals surface area contributed by atoms with Gasteiger partial charge in [0.1, 0.15) is 5.03 Å². The van der Waals surface area contributed by atoms with E-state index in [1.54, 1.807) is 0 Å². The van der Waals surface area contributed by atoms with Gasteiger partial charge < -0.3 is 5.32 Å². The van der Waals surface area contributed by atoms with E-state index in [0.29, 0.717) is 0 Å². The van der Waals surface area contributed by atoms with Crippen LogP contribution in [0.25, 0.3) is 0 Å². The summed E-state index contributed by atoms with van der Waals surface area (Å²) >= 11 is 10.7. The second-order valence-electron chi connectivity index (χ2n) is 1.39. The molecule has 0 aromatic rings. The Morgan fingerprint density at radius 1 is 1.75 bits per heavy atom. The number of alkyl halides is 1. The summed E-state index contributed by atoms with van der Waals surface area (Å²) in [5.41, 5.74) is -0.650. The first kappa shape index (κ1) is 5.92. The third-order valence-corrected chi connectivity index (χ3v) is 1.44. The van der Waals surface area contributed by atoms with Gasteiger partial charge in [-0.3, -0.25) is 4.79 Å². The molecule has 0 amide bonds. The number of ketones is 1. The number of nitrogens with one attached hydrogen (secondary N) is 1. The van der Waals surface area contributed by atoms with Gasteiger partial charge in [0.05, 0.1) is 0 Å². The van der Waals surface area contributed by atoms with E-state index >= 15 is 0 Å². The minimum absolute atomic E-state index is 0.171. The molecule has 0 aromatic heterocycles. The van der Waals surface area contributed by atoms with Gasteiger partial charge >= 0.3 is 0 Å². The number of carbonyl (C=O) groups is 1. The van der Waals surface area contributed by atoms with E-state index in [2.05, 4.69) is 5.32 Å². The summed E-state index contributed by atoms with van der Waals surface area (Å²) in [7, 11) is 0. The Labute approximate surface area is 56.5 Å². The van der Waals surface area contributed by atoms with Gasteiger partial charge in [-0.2, -0.15) is 0 Å². The molecule has 0 bridgehead atoms. The van der Waals surface area contributed by atoms with Gasteiger partial charge in [-0.05, 0) is 0 Å². The maximum atomic E-state index is 10.5. The zero-order valence-electron chi connectivity index (χ0n) is 3.82. The zero-order chi connectivity index (χ0) is 6.15. The van der Waals surface area contributed by atoms with Crippen molar-refractivity contribution < 1.29 is 4.79 Å². The summed E-state index contributed by atoms with van der Waals surface area (Å²) < 4.78 is 0. The van der Waals surface area contributed by atoms with Gasteiger partial charge in [-0.1, -0.05) is 23.2 Å². The Morgan fingerprint density at radius 2 is 2.38 bits per heavy atom. The average molecular weight is 152 g/mol. The zero-order valence-corrected chi connectivity index (χ0v) is 5.33. The molecule has 1 aliphatic rings. The third-order valence-electron chi connectivity index (χ3n) is 0.822. The van der Waals surface area contributed by atoms with Crippen LogP contribution in [-0.4, -0.2) is 11.3 Å². The largest absolute Gasteiger partial charge is 0.368 e. The molecule has 8 heavy (non-hydrogen) atoms. The average Bonchev–Trinajstić information content (AvgIpc) is 1.98. The molecule has 0 aromatic carbocycles. The predicted molar refractivity (Wildman–Crippen MR) is 31.7 cm³/mol. The lowest BCUT2D eigenvalue weighted by Gasteiger charge is -1.93. The maximum Gasteiger partial charge on any atom is 0.213 e. The van der Waals surface area contributed by atoms with Crippen LogP contribution in [-0.2, 0) is 4.79 Å². The number of hydrogen-bond acceptors (Lipinski definition) is 2. The second-order valence-corrected chi connectivity index (χ2v) is 2.23. The molecule has 0 saturated carbocycles. The van der Waals surface area contributed by atoms with Crippen molar-refractivity contribution in [2.75, 3.05) is 0 Å². The van der Waals surface area contributed by atoms with Gasteiger partial charge in [-0.15, -0.1) is 0 Å². The molecular weight excluding hydrogens is 149 g/mol. The van der Waals surface area contributed by atoms with Crippen molar-refractivity contribution in [2.24, 2.45) is 0 Å². The van der Waals surface area contributed by atoms with Crippen LogP contribution >= 0.6 is 23.2 Å². The Hall–Kier alpha value is -0.210.